The largest absolute Gasteiger partial charge is 0.376 e. The third-order valence-corrected chi connectivity index (χ3v) is 6.25. The van der Waals surface area contributed by atoms with Gasteiger partial charge in [0.1, 0.15) is 6.04 Å². The number of nitrogens with zero attached hydrogens (tertiary/aromatic N) is 4. The van der Waals surface area contributed by atoms with E-state index < -0.39 is 11.5 Å². The molecule has 0 aliphatic carbocycles. The van der Waals surface area contributed by atoms with Crippen molar-refractivity contribution in [3.63, 3.8) is 0 Å². The highest BCUT2D eigenvalue weighted by Gasteiger charge is 2.37. The third kappa shape index (κ3) is 4.56. The van der Waals surface area contributed by atoms with Crippen LogP contribution in [0.25, 0.3) is 11.3 Å². The van der Waals surface area contributed by atoms with E-state index in [1.54, 1.807) is 0 Å². The number of rotatable bonds is 3. The molecule has 2 aliphatic rings. The zero-order chi connectivity index (χ0) is 22.9. The number of fused-ring (bicyclic) bond motifs is 1. The Bertz CT molecular complexity index is 972. The molecule has 1 fully saturated rings. The van der Waals surface area contributed by atoms with E-state index in [2.05, 4.69) is 22.4 Å². The molecule has 1 aromatic heterocycles. The van der Waals surface area contributed by atoms with Gasteiger partial charge >= 0.3 is 6.03 Å². The van der Waals surface area contributed by atoms with Crippen LogP contribution < -0.4 is 5.32 Å². The van der Waals surface area contributed by atoms with Crippen molar-refractivity contribution < 1.29 is 14.3 Å². The molecule has 8 heteroatoms. The van der Waals surface area contributed by atoms with E-state index in [1.807, 2.05) is 56.0 Å². The summed E-state index contributed by atoms with van der Waals surface area (Å²) in [6.45, 7) is 9.93. The number of carbonyl (C=O) groups is 2. The molecule has 1 N–H and O–H groups in total. The zero-order valence-electron chi connectivity index (χ0n) is 19.4. The first-order valence-corrected chi connectivity index (χ1v) is 11.3. The van der Waals surface area contributed by atoms with Gasteiger partial charge in [-0.3, -0.25) is 4.79 Å². The Kier molecular flexibility index (Phi) is 6.35. The molecule has 0 radical (unpaired) electrons. The van der Waals surface area contributed by atoms with Crippen molar-refractivity contribution in [2.75, 3.05) is 39.8 Å². The first kappa shape index (κ1) is 22.5. The second kappa shape index (κ2) is 9.03. The van der Waals surface area contributed by atoms with Gasteiger partial charge in [0, 0.05) is 43.7 Å². The van der Waals surface area contributed by atoms with Crippen LogP contribution in [-0.4, -0.2) is 77.4 Å². The highest BCUT2D eigenvalue weighted by molar-refractivity contribution is 5.89. The minimum atomic E-state index is -0.640. The van der Waals surface area contributed by atoms with Crippen LogP contribution in [0.5, 0.6) is 0 Å². The number of amides is 2. The van der Waals surface area contributed by atoms with Crippen molar-refractivity contribution in [3.8, 4) is 11.3 Å². The maximum atomic E-state index is 13.4. The van der Waals surface area contributed by atoms with E-state index in [4.69, 9.17) is 4.74 Å². The number of likely N-dealkylation sites (N-methyl/N-ethyl adjacent to an activating group) is 1. The first-order chi connectivity index (χ1) is 15.3. The Morgan fingerprint density at radius 1 is 1.09 bits per heavy atom. The minimum absolute atomic E-state index is 0.0356. The molecule has 0 bridgehead atoms. The highest BCUT2D eigenvalue weighted by atomic mass is 16.5. The van der Waals surface area contributed by atoms with E-state index >= 15 is 0 Å². The summed E-state index contributed by atoms with van der Waals surface area (Å²) in [7, 11) is 2.06. The van der Waals surface area contributed by atoms with Crippen molar-refractivity contribution in [2.24, 2.45) is 5.41 Å². The van der Waals surface area contributed by atoms with Crippen molar-refractivity contribution >= 4 is 11.9 Å². The number of nitrogens with one attached hydrogen (secondary N) is 1. The normalized spacial score (nSPS) is 18.2. The number of carbonyl (C=O) groups excluding carboxylic acids is 2. The van der Waals surface area contributed by atoms with Gasteiger partial charge in [-0.25, -0.2) is 4.79 Å². The van der Waals surface area contributed by atoms with Crippen LogP contribution in [0, 0.1) is 5.41 Å². The van der Waals surface area contributed by atoms with Gasteiger partial charge in [-0.05, 0) is 12.5 Å². The summed E-state index contributed by atoms with van der Waals surface area (Å²) in [6.07, 6.45) is 0.606. The smallest absolute Gasteiger partial charge is 0.343 e. The maximum absolute atomic E-state index is 13.4. The quantitative estimate of drug-likeness (QED) is 0.794. The molecule has 0 spiro atoms. The number of benzene rings is 1. The van der Waals surface area contributed by atoms with Gasteiger partial charge in [-0.2, -0.15) is 9.78 Å². The van der Waals surface area contributed by atoms with Crippen LogP contribution in [0.1, 0.15) is 32.0 Å². The molecule has 32 heavy (non-hydrogen) atoms. The van der Waals surface area contributed by atoms with Crippen molar-refractivity contribution in [1.82, 2.24) is 24.9 Å². The summed E-state index contributed by atoms with van der Waals surface area (Å²) in [4.78, 5) is 30.9. The average Bonchev–Trinajstić information content (AvgIpc) is 3.17. The molecule has 2 aromatic rings. The standard InChI is InChI=1S/C24H33N5O3/c1-24(2,3)21(22(30)28-13-11-27(4)12-14-28)25-23(31)29-19-10-15-32-16-18(19)20(26-29)17-8-6-5-7-9-17/h5-9,21H,10-16H2,1-4H3,(H,25,31)/t21-/m1/s1. The first-order valence-electron chi connectivity index (χ1n) is 11.3. The lowest BCUT2D eigenvalue weighted by atomic mass is 9.85. The number of ether oxygens (including phenoxy) is 1. The Labute approximate surface area is 189 Å². The van der Waals surface area contributed by atoms with Crippen molar-refractivity contribution in [1.29, 1.82) is 0 Å². The SMILES string of the molecule is CN1CCN(C(=O)[C@@H](NC(=O)n2nc(-c3ccccc3)c3c2CCOC3)C(C)(C)C)CC1. The van der Waals surface area contributed by atoms with Crippen molar-refractivity contribution in [3.05, 3.63) is 41.6 Å². The molecule has 1 saturated heterocycles. The summed E-state index contributed by atoms with van der Waals surface area (Å²) >= 11 is 0. The van der Waals surface area contributed by atoms with Crippen molar-refractivity contribution in [2.45, 2.75) is 39.8 Å². The van der Waals surface area contributed by atoms with Gasteiger partial charge in [-0.1, -0.05) is 51.1 Å². The third-order valence-electron chi connectivity index (χ3n) is 6.25. The Morgan fingerprint density at radius 2 is 1.78 bits per heavy atom. The van der Waals surface area contributed by atoms with Gasteiger partial charge in [0.15, 0.2) is 0 Å². The summed E-state index contributed by atoms with van der Waals surface area (Å²) in [5.74, 6) is -0.0356. The summed E-state index contributed by atoms with van der Waals surface area (Å²) in [5.41, 5.74) is 3.06. The van der Waals surface area contributed by atoms with E-state index in [0.717, 1.165) is 35.6 Å². The van der Waals surface area contributed by atoms with Gasteiger partial charge in [-0.15, -0.1) is 0 Å². The fourth-order valence-electron chi connectivity index (χ4n) is 4.28. The minimum Gasteiger partial charge on any atom is -0.376 e. The molecule has 8 nitrogen and oxygen atoms in total. The predicted octanol–water partition coefficient (Wildman–Crippen LogP) is 2.37. The number of hydrogen-bond donors (Lipinski definition) is 1. The molecular formula is C24H33N5O3. The molecule has 0 unspecified atom stereocenters. The molecule has 2 amide bonds. The summed E-state index contributed by atoms with van der Waals surface area (Å²) < 4.78 is 7.10. The van der Waals surface area contributed by atoms with Gasteiger partial charge < -0.3 is 19.9 Å². The molecule has 3 heterocycles. The van der Waals surface area contributed by atoms with Crippen LogP contribution in [0.2, 0.25) is 0 Å². The van der Waals surface area contributed by atoms with Crippen LogP contribution in [-0.2, 0) is 22.6 Å². The Balaban J connectivity index is 1.61. The van der Waals surface area contributed by atoms with Crippen LogP contribution in [0.3, 0.4) is 0 Å². The lowest BCUT2D eigenvalue weighted by Gasteiger charge is -2.38. The Hall–Kier alpha value is -2.71. The van der Waals surface area contributed by atoms with Crippen LogP contribution in [0.15, 0.2) is 30.3 Å². The number of hydrogen-bond acceptors (Lipinski definition) is 5. The second-order valence-electron chi connectivity index (χ2n) is 9.73. The fourth-order valence-corrected chi connectivity index (χ4v) is 4.28. The van der Waals surface area contributed by atoms with Gasteiger partial charge in [0.25, 0.3) is 0 Å². The second-order valence-corrected chi connectivity index (χ2v) is 9.73. The monoisotopic (exact) mass is 439 g/mol. The van der Waals surface area contributed by atoms with E-state index in [1.165, 1.54) is 4.68 Å². The van der Waals surface area contributed by atoms with Gasteiger partial charge in [0.2, 0.25) is 5.91 Å². The van der Waals surface area contributed by atoms with Crippen LogP contribution in [0.4, 0.5) is 4.79 Å². The zero-order valence-corrected chi connectivity index (χ0v) is 19.4. The lowest BCUT2D eigenvalue weighted by Crippen LogP contribution is -2.58. The fraction of sp³-hybridized carbons (Fsp3) is 0.542. The average molecular weight is 440 g/mol. The van der Waals surface area contributed by atoms with Crippen LogP contribution >= 0.6 is 0 Å². The van der Waals surface area contributed by atoms with E-state index in [-0.39, 0.29) is 11.9 Å². The molecule has 1 aromatic carbocycles. The predicted molar refractivity (Wildman–Crippen MR) is 122 cm³/mol. The molecule has 172 valence electrons. The number of aromatic nitrogens is 2. The summed E-state index contributed by atoms with van der Waals surface area (Å²) in [5, 5.41) is 7.68. The number of piperazine rings is 1. The molecule has 4 rings (SSSR count). The van der Waals surface area contributed by atoms with E-state index in [0.29, 0.717) is 32.7 Å². The molecule has 1 atom stereocenters. The highest BCUT2D eigenvalue weighted by Crippen LogP contribution is 2.29. The van der Waals surface area contributed by atoms with Gasteiger partial charge in [0.05, 0.1) is 24.6 Å². The maximum Gasteiger partial charge on any atom is 0.343 e. The van der Waals surface area contributed by atoms with E-state index in [9.17, 15) is 9.59 Å². The summed E-state index contributed by atoms with van der Waals surface area (Å²) in [6, 6.07) is 8.81. The molecular weight excluding hydrogens is 406 g/mol. The topological polar surface area (TPSA) is 79.7 Å². The molecule has 0 saturated carbocycles. The molecule has 2 aliphatic heterocycles. The lowest BCUT2D eigenvalue weighted by molar-refractivity contribution is -0.137. The Morgan fingerprint density at radius 3 is 2.44 bits per heavy atom.